The molecule has 25 heavy (non-hydrogen) atoms. The number of ether oxygens (including phenoxy) is 2. The second kappa shape index (κ2) is 6.72. The lowest BCUT2D eigenvalue weighted by atomic mass is 9.77. The molecule has 0 bridgehead atoms. The van der Waals surface area contributed by atoms with Gasteiger partial charge in [-0.2, -0.15) is 5.10 Å². The number of hydrogen-bond donors (Lipinski definition) is 0. The van der Waals surface area contributed by atoms with Crippen LogP contribution >= 0.6 is 0 Å². The molecule has 7 heteroatoms. The van der Waals surface area contributed by atoms with Gasteiger partial charge >= 0.3 is 0 Å². The summed E-state index contributed by atoms with van der Waals surface area (Å²) >= 11 is 0. The molecule has 2 aliphatic heterocycles. The first-order chi connectivity index (χ1) is 12.1. The number of piperidine rings is 1. The largest absolute Gasteiger partial charge is 0.475 e. The zero-order valence-corrected chi connectivity index (χ0v) is 14.4. The van der Waals surface area contributed by atoms with Crippen molar-refractivity contribution in [3.05, 3.63) is 42.1 Å². The van der Waals surface area contributed by atoms with Crippen molar-refractivity contribution in [3.8, 4) is 5.88 Å². The molecule has 0 saturated carbocycles. The Bertz CT molecular complexity index is 737. The summed E-state index contributed by atoms with van der Waals surface area (Å²) in [6, 6.07) is 2.94. The van der Waals surface area contributed by atoms with Crippen LogP contribution in [0.3, 0.4) is 0 Å². The van der Waals surface area contributed by atoms with E-state index in [0.29, 0.717) is 6.61 Å². The van der Waals surface area contributed by atoms with Crippen molar-refractivity contribution >= 4 is 0 Å². The van der Waals surface area contributed by atoms with Crippen molar-refractivity contribution in [2.45, 2.75) is 25.5 Å². The zero-order valence-electron chi connectivity index (χ0n) is 14.4. The number of likely N-dealkylation sites (tertiary alicyclic amines) is 1. The molecule has 4 rings (SSSR count). The molecule has 0 spiro atoms. The normalized spacial score (nSPS) is 26.6. The van der Waals surface area contributed by atoms with Crippen LogP contribution in [0.5, 0.6) is 5.88 Å². The summed E-state index contributed by atoms with van der Waals surface area (Å²) in [6.07, 6.45) is 7.57. The monoisotopic (exact) mass is 346 g/mol. The van der Waals surface area contributed by atoms with Gasteiger partial charge in [-0.1, -0.05) is 0 Å². The first-order valence-electron chi connectivity index (χ1n) is 8.69. The highest BCUT2D eigenvalue weighted by atomic mass is 19.1. The average Bonchev–Trinajstić information content (AvgIpc) is 3.20. The van der Waals surface area contributed by atoms with Crippen LogP contribution in [0, 0.1) is 11.2 Å². The van der Waals surface area contributed by atoms with Crippen LogP contribution in [0.4, 0.5) is 4.39 Å². The van der Waals surface area contributed by atoms with Crippen molar-refractivity contribution in [3.63, 3.8) is 0 Å². The van der Waals surface area contributed by atoms with Crippen molar-refractivity contribution in [1.82, 2.24) is 19.7 Å². The number of pyridine rings is 1. The third-order valence-corrected chi connectivity index (χ3v) is 5.23. The molecule has 0 unspecified atom stereocenters. The van der Waals surface area contributed by atoms with Crippen LogP contribution in [0.15, 0.2) is 30.7 Å². The van der Waals surface area contributed by atoms with E-state index in [-0.39, 0.29) is 17.4 Å². The van der Waals surface area contributed by atoms with Crippen molar-refractivity contribution in [1.29, 1.82) is 0 Å². The number of halogens is 1. The van der Waals surface area contributed by atoms with Gasteiger partial charge in [-0.25, -0.2) is 9.37 Å². The molecule has 2 fully saturated rings. The highest BCUT2D eigenvalue weighted by Gasteiger charge is 2.48. The SMILES string of the molecule is Cn1cc(CN2CC[C@@H]3OCC[C@]3(COc3ncccc3F)C2)cn1. The van der Waals surface area contributed by atoms with E-state index in [9.17, 15) is 4.39 Å². The minimum Gasteiger partial charge on any atom is -0.475 e. The Hall–Kier alpha value is -1.99. The summed E-state index contributed by atoms with van der Waals surface area (Å²) in [5.41, 5.74) is 1.09. The van der Waals surface area contributed by atoms with Gasteiger partial charge in [-0.15, -0.1) is 0 Å². The highest BCUT2D eigenvalue weighted by Crippen LogP contribution is 2.41. The van der Waals surface area contributed by atoms with Gasteiger partial charge in [0, 0.05) is 56.7 Å². The van der Waals surface area contributed by atoms with Gasteiger partial charge < -0.3 is 9.47 Å². The van der Waals surface area contributed by atoms with E-state index in [2.05, 4.69) is 15.0 Å². The second-order valence-corrected chi connectivity index (χ2v) is 7.07. The van der Waals surface area contributed by atoms with Crippen LogP contribution in [0.1, 0.15) is 18.4 Å². The Labute approximate surface area is 146 Å². The maximum Gasteiger partial charge on any atom is 0.250 e. The van der Waals surface area contributed by atoms with E-state index in [1.807, 2.05) is 24.1 Å². The third-order valence-electron chi connectivity index (χ3n) is 5.23. The van der Waals surface area contributed by atoms with Gasteiger partial charge in [0.15, 0.2) is 5.82 Å². The summed E-state index contributed by atoms with van der Waals surface area (Å²) < 4.78 is 27.4. The Morgan fingerprint density at radius 2 is 2.40 bits per heavy atom. The Balaban J connectivity index is 1.46. The van der Waals surface area contributed by atoms with E-state index in [1.54, 1.807) is 12.3 Å². The summed E-state index contributed by atoms with van der Waals surface area (Å²) in [5.74, 6) is -0.343. The Kier molecular flexibility index (Phi) is 4.43. The summed E-state index contributed by atoms with van der Waals surface area (Å²) in [6.45, 7) is 3.88. The minimum atomic E-state index is -0.419. The van der Waals surface area contributed by atoms with Gasteiger partial charge in [0.1, 0.15) is 0 Å². The molecule has 2 saturated heterocycles. The number of aromatic nitrogens is 3. The molecule has 134 valence electrons. The smallest absolute Gasteiger partial charge is 0.250 e. The van der Waals surface area contributed by atoms with Crippen LogP contribution in [-0.4, -0.2) is 52.1 Å². The first-order valence-corrected chi connectivity index (χ1v) is 8.69. The van der Waals surface area contributed by atoms with Gasteiger partial charge in [0.05, 0.1) is 18.9 Å². The fraction of sp³-hybridized carbons (Fsp3) is 0.556. The van der Waals surface area contributed by atoms with Crippen LogP contribution in [-0.2, 0) is 18.3 Å². The lowest BCUT2D eigenvalue weighted by Gasteiger charge is -2.43. The lowest BCUT2D eigenvalue weighted by Crippen LogP contribution is -2.52. The quantitative estimate of drug-likeness (QED) is 0.829. The van der Waals surface area contributed by atoms with E-state index in [4.69, 9.17) is 9.47 Å². The second-order valence-electron chi connectivity index (χ2n) is 7.07. The molecule has 2 aromatic rings. The van der Waals surface area contributed by atoms with Gasteiger partial charge in [0.2, 0.25) is 5.88 Å². The number of fused-ring (bicyclic) bond motifs is 1. The minimum absolute atomic E-state index is 0.0758. The number of nitrogens with zero attached hydrogens (tertiary/aromatic N) is 4. The third kappa shape index (κ3) is 3.39. The molecule has 2 atom stereocenters. The van der Waals surface area contributed by atoms with Crippen LogP contribution in [0.25, 0.3) is 0 Å². The fourth-order valence-corrected chi connectivity index (χ4v) is 3.98. The van der Waals surface area contributed by atoms with Gasteiger partial charge in [-0.3, -0.25) is 9.58 Å². The van der Waals surface area contributed by atoms with Gasteiger partial charge in [0.25, 0.3) is 0 Å². The Morgan fingerprint density at radius 1 is 1.48 bits per heavy atom. The standard InChI is InChI=1S/C18H23FN4O2/c1-22-10-14(9-21-22)11-23-7-4-16-18(12-23,5-8-24-16)13-25-17-15(19)3-2-6-20-17/h2-3,6,9-10,16H,4-5,7-8,11-13H2,1H3/t16-,18+/m0/s1. The molecule has 4 heterocycles. The summed E-state index contributed by atoms with van der Waals surface area (Å²) in [7, 11) is 1.93. The summed E-state index contributed by atoms with van der Waals surface area (Å²) in [4.78, 5) is 6.42. The maximum absolute atomic E-state index is 13.8. The van der Waals surface area contributed by atoms with E-state index in [1.165, 1.54) is 11.6 Å². The van der Waals surface area contributed by atoms with Gasteiger partial charge in [-0.05, 0) is 25.0 Å². The van der Waals surface area contributed by atoms with Crippen LogP contribution < -0.4 is 4.74 Å². The van der Waals surface area contributed by atoms with E-state index >= 15 is 0 Å². The molecule has 0 radical (unpaired) electrons. The number of rotatable bonds is 5. The average molecular weight is 346 g/mol. The first kappa shape index (κ1) is 16.5. The highest BCUT2D eigenvalue weighted by molar-refractivity contribution is 5.13. The zero-order chi connectivity index (χ0) is 17.3. The molecule has 6 nitrogen and oxygen atoms in total. The van der Waals surface area contributed by atoms with E-state index in [0.717, 1.165) is 39.1 Å². The predicted molar refractivity (Wildman–Crippen MR) is 89.6 cm³/mol. The van der Waals surface area contributed by atoms with Crippen molar-refractivity contribution in [2.75, 3.05) is 26.3 Å². The van der Waals surface area contributed by atoms with Crippen molar-refractivity contribution in [2.24, 2.45) is 12.5 Å². The summed E-state index contributed by atoms with van der Waals surface area (Å²) in [5, 5.41) is 4.24. The lowest BCUT2D eigenvalue weighted by molar-refractivity contribution is -0.0425. The van der Waals surface area contributed by atoms with E-state index < -0.39 is 5.82 Å². The maximum atomic E-state index is 13.8. The topological polar surface area (TPSA) is 52.4 Å². The number of hydrogen-bond acceptors (Lipinski definition) is 5. The Morgan fingerprint density at radius 3 is 3.20 bits per heavy atom. The molecular formula is C18H23FN4O2. The van der Waals surface area contributed by atoms with Crippen molar-refractivity contribution < 1.29 is 13.9 Å². The molecule has 2 aliphatic rings. The predicted octanol–water partition coefficient (Wildman–Crippen LogP) is 2.01. The fourth-order valence-electron chi connectivity index (χ4n) is 3.98. The molecular weight excluding hydrogens is 323 g/mol. The number of aryl methyl sites for hydroxylation is 1. The molecule has 0 aliphatic carbocycles. The molecule has 2 aromatic heterocycles. The molecule has 0 N–H and O–H groups in total. The molecule has 0 amide bonds. The van der Waals surface area contributed by atoms with Crippen LogP contribution in [0.2, 0.25) is 0 Å². The molecule has 0 aromatic carbocycles.